The van der Waals surface area contributed by atoms with Crippen LogP contribution in [0.15, 0.2) is 72.8 Å². The summed E-state index contributed by atoms with van der Waals surface area (Å²) in [5.41, 5.74) is 2.10. The predicted molar refractivity (Wildman–Crippen MR) is 107 cm³/mol. The highest BCUT2D eigenvalue weighted by molar-refractivity contribution is 5.87. The van der Waals surface area contributed by atoms with E-state index >= 15 is 0 Å². The van der Waals surface area contributed by atoms with Crippen LogP contribution in [0.5, 0.6) is 0 Å². The fourth-order valence-electron chi connectivity index (χ4n) is 3.27. The van der Waals surface area contributed by atoms with Crippen LogP contribution in [0.25, 0.3) is 10.8 Å². The van der Waals surface area contributed by atoms with Gasteiger partial charge in [0, 0.05) is 13.0 Å². The van der Waals surface area contributed by atoms with Crippen LogP contribution in [0, 0.1) is 5.92 Å². The number of carbonyl (C=O) groups excluding carboxylic acids is 1. The molecule has 0 radical (unpaired) electrons. The molecule has 4 heteroatoms. The summed E-state index contributed by atoms with van der Waals surface area (Å²) in [5, 5.41) is 14.5. The molecule has 0 aromatic heterocycles. The number of benzene rings is 3. The minimum absolute atomic E-state index is 0.0205. The summed E-state index contributed by atoms with van der Waals surface area (Å²) >= 11 is 0. The Morgan fingerprint density at radius 2 is 1.59 bits per heavy atom. The maximum Gasteiger partial charge on any atom is 0.307 e. The van der Waals surface area contributed by atoms with Crippen molar-refractivity contribution >= 4 is 22.6 Å². The number of nitrogens with one attached hydrogen (secondary N) is 1. The Bertz CT molecular complexity index is 916. The maximum atomic E-state index is 12.2. The van der Waals surface area contributed by atoms with E-state index in [1.54, 1.807) is 0 Å². The number of aliphatic carboxylic acids is 1. The minimum atomic E-state index is -0.943. The van der Waals surface area contributed by atoms with Crippen LogP contribution in [0.1, 0.15) is 17.5 Å². The second-order valence-electron chi connectivity index (χ2n) is 6.67. The predicted octanol–water partition coefficient (Wildman–Crippen LogP) is 3.83. The molecular weight excluding hydrogens is 338 g/mol. The van der Waals surface area contributed by atoms with E-state index in [1.165, 1.54) is 0 Å². The highest BCUT2D eigenvalue weighted by Gasteiger charge is 2.22. The lowest BCUT2D eigenvalue weighted by Gasteiger charge is -2.14. The molecule has 0 spiro atoms. The Kier molecular flexibility index (Phi) is 6.21. The lowest BCUT2D eigenvalue weighted by atomic mass is 9.92. The van der Waals surface area contributed by atoms with Crippen LogP contribution < -0.4 is 5.32 Å². The molecule has 4 nitrogen and oxygen atoms in total. The summed E-state index contributed by atoms with van der Waals surface area (Å²) in [7, 11) is 0. The number of rotatable bonds is 8. The number of hydrogen-bond donors (Lipinski definition) is 2. The van der Waals surface area contributed by atoms with Gasteiger partial charge in [-0.25, -0.2) is 0 Å². The van der Waals surface area contributed by atoms with Crippen molar-refractivity contribution in [2.75, 3.05) is 6.54 Å². The van der Waals surface area contributed by atoms with Crippen LogP contribution in [-0.4, -0.2) is 23.5 Å². The molecule has 0 aliphatic rings. The summed E-state index contributed by atoms with van der Waals surface area (Å²) in [4.78, 5) is 23.9. The molecule has 0 aliphatic carbocycles. The Hall–Kier alpha value is -3.14. The van der Waals surface area contributed by atoms with Crippen molar-refractivity contribution in [1.82, 2.24) is 5.32 Å². The van der Waals surface area contributed by atoms with Crippen molar-refractivity contribution < 1.29 is 14.7 Å². The van der Waals surface area contributed by atoms with E-state index in [9.17, 15) is 14.7 Å². The van der Waals surface area contributed by atoms with Crippen LogP contribution >= 0.6 is 0 Å². The molecule has 0 bridgehead atoms. The van der Waals surface area contributed by atoms with E-state index in [0.29, 0.717) is 13.0 Å². The van der Waals surface area contributed by atoms with Gasteiger partial charge in [0.05, 0.1) is 5.92 Å². The molecular formula is C23H23NO3. The first-order valence-electron chi connectivity index (χ1n) is 9.13. The van der Waals surface area contributed by atoms with Gasteiger partial charge in [0.15, 0.2) is 0 Å². The first-order chi connectivity index (χ1) is 13.1. The third-order valence-corrected chi connectivity index (χ3v) is 4.71. The highest BCUT2D eigenvalue weighted by atomic mass is 16.4. The van der Waals surface area contributed by atoms with Crippen molar-refractivity contribution in [1.29, 1.82) is 0 Å². The summed E-state index contributed by atoms with van der Waals surface area (Å²) in [6, 6.07) is 23.6. The van der Waals surface area contributed by atoms with Crippen molar-refractivity contribution in [3.63, 3.8) is 0 Å². The number of carbonyl (C=O) groups is 2. The van der Waals surface area contributed by atoms with Gasteiger partial charge in [-0.1, -0.05) is 72.8 Å². The van der Waals surface area contributed by atoms with Gasteiger partial charge in [-0.05, 0) is 34.7 Å². The number of fused-ring (bicyclic) bond motifs is 1. The maximum absolute atomic E-state index is 12.2. The van der Waals surface area contributed by atoms with Crippen LogP contribution in [0.4, 0.5) is 0 Å². The molecule has 0 saturated carbocycles. The summed E-state index contributed by atoms with van der Waals surface area (Å²) in [6.45, 7) is 0.503. The Morgan fingerprint density at radius 1 is 0.889 bits per heavy atom. The number of amides is 1. The highest BCUT2D eigenvalue weighted by Crippen LogP contribution is 2.22. The summed E-state index contributed by atoms with van der Waals surface area (Å²) < 4.78 is 0. The molecule has 1 amide bonds. The van der Waals surface area contributed by atoms with Gasteiger partial charge in [-0.2, -0.15) is 0 Å². The molecule has 0 heterocycles. The molecule has 138 valence electrons. The number of carboxylic acids is 1. The first kappa shape index (κ1) is 18.6. The standard InChI is InChI=1S/C23H23NO3/c25-22(24-14-13-17-7-2-1-3-8-17)16-20(23(26)27)15-19-11-6-10-18-9-4-5-12-21(18)19/h1-12,20H,13-16H2,(H,24,25)(H,26,27)/t20-/m1/s1. The lowest BCUT2D eigenvalue weighted by molar-refractivity contribution is -0.144. The Morgan fingerprint density at radius 3 is 2.37 bits per heavy atom. The van der Waals surface area contributed by atoms with E-state index in [4.69, 9.17) is 0 Å². The Labute approximate surface area is 158 Å². The quantitative estimate of drug-likeness (QED) is 0.641. The van der Waals surface area contributed by atoms with E-state index in [0.717, 1.165) is 28.3 Å². The molecule has 0 fully saturated rings. The number of hydrogen-bond acceptors (Lipinski definition) is 2. The zero-order chi connectivity index (χ0) is 19.1. The molecule has 2 N–H and O–H groups in total. The van der Waals surface area contributed by atoms with Crippen molar-refractivity contribution in [3.8, 4) is 0 Å². The molecule has 3 aromatic rings. The second kappa shape index (κ2) is 8.99. The first-order valence-corrected chi connectivity index (χ1v) is 9.13. The fourth-order valence-corrected chi connectivity index (χ4v) is 3.27. The molecule has 0 aliphatic heterocycles. The third kappa shape index (κ3) is 5.17. The summed E-state index contributed by atoms with van der Waals surface area (Å²) in [5.74, 6) is -1.91. The van der Waals surface area contributed by atoms with Gasteiger partial charge in [-0.3, -0.25) is 9.59 Å². The van der Waals surface area contributed by atoms with E-state index in [-0.39, 0.29) is 12.3 Å². The van der Waals surface area contributed by atoms with Crippen LogP contribution in [0.2, 0.25) is 0 Å². The SMILES string of the molecule is O=C(C[C@@H](Cc1cccc2ccccc12)C(=O)O)NCCc1ccccc1. The normalized spacial score (nSPS) is 11.9. The zero-order valence-corrected chi connectivity index (χ0v) is 15.1. The topological polar surface area (TPSA) is 66.4 Å². The average molecular weight is 361 g/mol. The van der Waals surface area contributed by atoms with Crippen molar-refractivity contribution in [2.45, 2.75) is 19.3 Å². The second-order valence-corrected chi connectivity index (χ2v) is 6.67. The lowest BCUT2D eigenvalue weighted by Crippen LogP contribution is -2.30. The van der Waals surface area contributed by atoms with E-state index in [1.807, 2.05) is 72.8 Å². The van der Waals surface area contributed by atoms with Gasteiger partial charge >= 0.3 is 5.97 Å². The average Bonchev–Trinajstić information content (AvgIpc) is 2.68. The molecule has 3 rings (SSSR count). The molecule has 0 saturated heterocycles. The Balaban J connectivity index is 1.60. The molecule has 27 heavy (non-hydrogen) atoms. The number of carboxylic acid groups (broad SMARTS) is 1. The minimum Gasteiger partial charge on any atom is -0.481 e. The van der Waals surface area contributed by atoms with Crippen molar-refractivity contribution in [3.05, 3.63) is 83.9 Å². The van der Waals surface area contributed by atoms with Gasteiger partial charge in [-0.15, -0.1) is 0 Å². The molecule has 3 aromatic carbocycles. The van der Waals surface area contributed by atoms with Crippen molar-refractivity contribution in [2.24, 2.45) is 5.92 Å². The van der Waals surface area contributed by atoms with Gasteiger partial charge in [0.1, 0.15) is 0 Å². The van der Waals surface area contributed by atoms with Gasteiger partial charge in [0.25, 0.3) is 0 Å². The zero-order valence-electron chi connectivity index (χ0n) is 15.1. The van der Waals surface area contributed by atoms with Gasteiger partial charge in [0.2, 0.25) is 5.91 Å². The smallest absolute Gasteiger partial charge is 0.307 e. The molecule has 1 atom stereocenters. The van der Waals surface area contributed by atoms with Crippen LogP contribution in [-0.2, 0) is 22.4 Å². The fraction of sp³-hybridized carbons (Fsp3) is 0.217. The molecule has 0 unspecified atom stereocenters. The third-order valence-electron chi connectivity index (χ3n) is 4.71. The van der Waals surface area contributed by atoms with Gasteiger partial charge < -0.3 is 10.4 Å². The van der Waals surface area contributed by atoms with E-state index < -0.39 is 11.9 Å². The van der Waals surface area contributed by atoms with E-state index in [2.05, 4.69) is 5.32 Å². The monoisotopic (exact) mass is 361 g/mol. The van der Waals surface area contributed by atoms with Crippen LogP contribution in [0.3, 0.4) is 0 Å². The summed E-state index contributed by atoms with van der Waals surface area (Å²) in [6.07, 6.45) is 1.05. The largest absolute Gasteiger partial charge is 0.481 e.